The van der Waals surface area contributed by atoms with Crippen LogP contribution in [0.5, 0.6) is 17.2 Å². The van der Waals surface area contributed by atoms with Crippen molar-refractivity contribution in [2.24, 2.45) is 5.10 Å². The number of fused-ring (bicyclic) bond motifs is 1. The number of aromatic amines is 1. The number of hydrogen-bond donors (Lipinski definition) is 2. The molecule has 0 saturated carbocycles. The Bertz CT molecular complexity index is 1710. The van der Waals surface area contributed by atoms with Crippen LogP contribution < -0.4 is 19.6 Å². The van der Waals surface area contributed by atoms with Crippen molar-refractivity contribution in [3.63, 3.8) is 0 Å². The topological polar surface area (TPSA) is 102 Å². The van der Waals surface area contributed by atoms with Gasteiger partial charge in [-0.1, -0.05) is 46.3 Å². The Morgan fingerprint density at radius 3 is 2.38 bits per heavy atom. The molecule has 1 amide bonds. The fourth-order valence-corrected chi connectivity index (χ4v) is 4.56. The highest BCUT2D eigenvalue weighted by molar-refractivity contribution is 9.10. The second kappa shape index (κ2) is 11.9. The van der Waals surface area contributed by atoms with Gasteiger partial charge in [0.15, 0.2) is 11.5 Å². The number of ether oxygens (including phenoxy) is 3. The molecule has 0 aliphatic heterocycles. The van der Waals surface area contributed by atoms with Crippen LogP contribution in [0.3, 0.4) is 0 Å². The van der Waals surface area contributed by atoms with Crippen LogP contribution in [0.2, 0.25) is 0 Å². The van der Waals surface area contributed by atoms with E-state index < -0.39 is 5.97 Å². The summed E-state index contributed by atoms with van der Waals surface area (Å²) >= 11 is 3.52. The molecule has 8 nitrogen and oxygen atoms in total. The molecule has 0 saturated heterocycles. The monoisotopic (exact) mass is 597 g/mol. The van der Waals surface area contributed by atoms with E-state index in [0.717, 1.165) is 26.5 Å². The van der Waals surface area contributed by atoms with E-state index in [9.17, 15) is 9.59 Å². The lowest BCUT2D eigenvalue weighted by Crippen LogP contribution is -2.18. The van der Waals surface area contributed by atoms with Crippen molar-refractivity contribution in [2.45, 2.75) is 0 Å². The number of nitrogens with zero attached hydrogens (tertiary/aromatic N) is 1. The number of aromatic nitrogens is 1. The van der Waals surface area contributed by atoms with Crippen LogP contribution in [0.15, 0.2) is 101 Å². The van der Waals surface area contributed by atoms with E-state index in [0.29, 0.717) is 28.3 Å². The zero-order valence-corrected chi connectivity index (χ0v) is 23.2. The summed E-state index contributed by atoms with van der Waals surface area (Å²) in [5, 5.41) is 5.06. The Labute approximate surface area is 238 Å². The van der Waals surface area contributed by atoms with Crippen LogP contribution >= 0.6 is 15.9 Å². The zero-order chi connectivity index (χ0) is 28.1. The van der Waals surface area contributed by atoms with Crippen LogP contribution in [0.1, 0.15) is 26.4 Å². The Kier molecular flexibility index (Phi) is 7.93. The molecule has 0 fully saturated rings. The minimum absolute atomic E-state index is 0.251. The van der Waals surface area contributed by atoms with Crippen LogP contribution in [-0.4, -0.2) is 37.3 Å². The minimum Gasteiger partial charge on any atom is -0.497 e. The van der Waals surface area contributed by atoms with Gasteiger partial charge in [-0.15, -0.1) is 0 Å². The van der Waals surface area contributed by atoms with Gasteiger partial charge in [-0.05, 0) is 71.8 Å². The van der Waals surface area contributed by atoms with Crippen molar-refractivity contribution in [3.05, 3.63) is 112 Å². The molecule has 0 radical (unpaired) electrons. The van der Waals surface area contributed by atoms with Gasteiger partial charge in [-0.25, -0.2) is 10.2 Å². The Morgan fingerprint density at radius 2 is 1.65 bits per heavy atom. The van der Waals surface area contributed by atoms with Gasteiger partial charge in [-0.3, -0.25) is 4.79 Å². The zero-order valence-electron chi connectivity index (χ0n) is 21.6. The van der Waals surface area contributed by atoms with Gasteiger partial charge in [0.05, 0.1) is 26.0 Å². The van der Waals surface area contributed by atoms with E-state index in [4.69, 9.17) is 14.2 Å². The molecule has 0 unspecified atom stereocenters. The van der Waals surface area contributed by atoms with E-state index >= 15 is 0 Å². The average Bonchev–Trinajstić information content (AvgIpc) is 3.37. The molecule has 2 N–H and O–H groups in total. The lowest BCUT2D eigenvalue weighted by molar-refractivity contribution is 0.0729. The summed E-state index contributed by atoms with van der Waals surface area (Å²) in [4.78, 5) is 29.0. The van der Waals surface area contributed by atoms with Crippen molar-refractivity contribution in [2.75, 3.05) is 14.2 Å². The molecule has 4 aromatic carbocycles. The highest BCUT2D eigenvalue weighted by Gasteiger charge is 2.19. The highest BCUT2D eigenvalue weighted by atomic mass is 79.9. The fraction of sp³-hybridized carbons (Fsp3) is 0.0645. The van der Waals surface area contributed by atoms with Gasteiger partial charge in [0, 0.05) is 20.9 Å². The number of esters is 1. The van der Waals surface area contributed by atoms with E-state index in [1.807, 2.05) is 48.5 Å². The molecule has 5 rings (SSSR count). The number of carbonyl (C=O) groups is 2. The maximum Gasteiger partial charge on any atom is 0.343 e. The number of nitrogens with one attached hydrogen (secondary N) is 2. The van der Waals surface area contributed by atoms with Crippen LogP contribution in [0.25, 0.3) is 22.0 Å². The molecule has 0 aliphatic carbocycles. The lowest BCUT2D eigenvalue weighted by Gasteiger charge is -2.10. The van der Waals surface area contributed by atoms with Gasteiger partial charge in [0.2, 0.25) is 0 Å². The van der Waals surface area contributed by atoms with Gasteiger partial charge in [-0.2, -0.15) is 5.10 Å². The summed E-state index contributed by atoms with van der Waals surface area (Å²) in [6, 6.07) is 27.1. The molecule has 0 bridgehead atoms. The SMILES string of the molecule is COc1ccc(C(=O)Oc2ccc(C=NNC(=O)c3[nH]c4ccc(Br)cc4c3-c3ccccc3)cc2OC)cc1. The van der Waals surface area contributed by atoms with E-state index in [2.05, 4.69) is 31.4 Å². The summed E-state index contributed by atoms with van der Waals surface area (Å²) < 4.78 is 17.0. The molecule has 1 heterocycles. The molecule has 40 heavy (non-hydrogen) atoms. The van der Waals surface area contributed by atoms with Crippen molar-refractivity contribution < 1.29 is 23.8 Å². The van der Waals surface area contributed by atoms with Crippen LogP contribution in [0, 0.1) is 0 Å². The summed E-state index contributed by atoms with van der Waals surface area (Å²) in [6.07, 6.45) is 1.48. The first-order valence-electron chi connectivity index (χ1n) is 12.2. The summed E-state index contributed by atoms with van der Waals surface area (Å²) in [5.74, 6) is 0.304. The Hall–Kier alpha value is -4.89. The maximum atomic E-state index is 13.2. The predicted molar refractivity (Wildman–Crippen MR) is 157 cm³/mol. The third-order valence-electron chi connectivity index (χ3n) is 6.15. The maximum absolute atomic E-state index is 13.2. The number of carbonyl (C=O) groups excluding carboxylic acids is 2. The van der Waals surface area contributed by atoms with Crippen molar-refractivity contribution in [3.8, 4) is 28.4 Å². The first-order valence-corrected chi connectivity index (χ1v) is 13.0. The largest absolute Gasteiger partial charge is 0.497 e. The Balaban J connectivity index is 1.33. The normalized spacial score (nSPS) is 11.0. The number of halogens is 1. The van der Waals surface area contributed by atoms with Gasteiger partial charge in [0.1, 0.15) is 11.4 Å². The number of rotatable bonds is 8. The van der Waals surface area contributed by atoms with Gasteiger partial charge in [0.25, 0.3) is 5.91 Å². The second-order valence-corrected chi connectivity index (χ2v) is 9.57. The van der Waals surface area contributed by atoms with Crippen molar-refractivity contribution >= 4 is 44.9 Å². The number of H-pyrrole nitrogens is 1. The molecule has 9 heteroatoms. The van der Waals surface area contributed by atoms with Crippen LogP contribution in [0.4, 0.5) is 0 Å². The van der Waals surface area contributed by atoms with Crippen molar-refractivity contribution in [1.82, 2.24) is 10.4 Å². The molecule has 1 aromatic heterocycles. The Morgan fingerprint density at radius 1 is 0.875 bits per heavy atom. The standard InChI is InChI=1S/C31H24BrN3O5/c1-38-23-12-9-21(10-13-23)31(37)40-26-15-8-19(16-27(26)39-2)18-33-35-30(36)29-28(20-6-4-3-5-7-20)24-17-22(32)11-14-25(24)34-29/h3-18,34H,1-2H3,(H,35,36). The number of benzene rings is 4. The third kappa shape index (κ3) is 5.74. The van der Waals surface area contributed by atoms with Crippen LogP contribution in [-0.2, 0) is 0 Å². The van der Waals surface area contributed by atoms with E-state index in [1.54, 1.807) is 49.6 Å². The number of amides is 1. The summed E-state index contributed by atoms with van der Waals surface area (Å²) in [7, 11) is 3.03. The first kappa shape index (κ1) is 26.7. The number of hydrazone groups is 1. The van der Waals surface area contributed by atoms with Crippen molar-refractivity contribution in [1.29, 1.82) is 0 Å². The van der Waals surface area contributed by atoms with Gasteiger partial charge >= 0.3 is 5.97 Å². The summed E-state index contributed by atoms with van der Waals surface area (Å²) in [6.45, 7) is 0. The average molecular weight is 598 g/mol. The smallest absolute Gasteiger partial charge is 0.343 e. The molecule has 5 aromatic rings. The predicted octanol–water partition coefficient (Wildman–Crippen LogP) is 6.60. The quantitative estimate of drug-likeness (QED) is 0.0908. The first-order chi connectivity index (χ1) is 19.5. The molecule has 0 spiro atoms. The highest BCUT2D eigenvalue weighted by Crippen LogP contribution is 2.34. The number of hydrogen-bond acceptors (Lipinski definition) is 6. The third-order valence-corrected chi connectivity index (χ3v) is 6.64. The summed E-state index contributed by atoms with van der Waals surface area (Å²) in [5.41, 5.74) is 6.53. The molecule has 200 valence electrons. The lowest BCUT2D eigenvalue weighted by atomic mass is 10.0. The second-order valence-electron chi connectivity index (χ2n) is 8.66. The molecule has 0 atom stereocenters. The van der Waals surface area contributed by atoms with E-state index in [1.165, 1.54) is 13.3 Å². The molecular formula is C31H24BrN3O5. The molecule has 0 aliphatic rings. The molecular weight excluding hydrogens is 574 g/mol. The fourth-order valence-electron chi connectivity index (χ4n) is 4.20. The minimum atomic E-state index is -0.533. The number of methoxy groups -OCH3 is 2. The van der Waals surface area contributed by atoms with E-state index in [-0.39, 0.29) is 11.7 Å². The van der Waals surface area contributed by atoms with Gasteiger partial charge < -0.3 is 19.2 Å².